The fourth-order valence-corrected chi connectivity index (χ4v) is 3.71. The number of carboxylic acids is 1. The number of aliphatic carboxylic acids is 1. The Bertz CT molecular complexity index is 266. The lowest BCUT2D eigenvalue weighted by Crippen LogP contribution is -2.42. The van der Waals surface area contributed by atoms with Gasteiger partial charge in [-0.15, -0.1) is 0 Å². The molecule has 1 saturated carbocycles. The van der Waals surface area contributed by atoms with E-state index in [9.17, 15) is 9.90 Å². The molecule has 106 valence electrons. The minimum Gasteiger partial charge on any atom is -0.481 e. The molecule has 0 unspecified atom stereocenters. The normalized spacial score (nSPS) is 32.7. The number of carbonyl (C=O) groups is 1. The van der Waals surface area contributed by atoms with E-state index in [0.29, 0.717) is 24.2 Å². The fourth-order valence-electron chi connectivity index (χ4n) is 3.71. The lowest BCUT2D eigenvalue weighted by Gasteiger charge is -2.42. The molecule has 0 radical (unpaired) electrons. The lowest BCUT2D eigenvalue weighted by molar-refractivity contribution is -0.140. The summed E-state index contributed by atoms with van der Waals surface area (Å²) < 4.78 is 0. The van der Waals surface area contributed by atoms with Crippen molar-refractivity contribution in [2.45, 2.75) is 53.4 Å². The summed E-state index contributed by atoms with van der Waals surface area (Å²) in [6.45, 7) is 10.7. The average molecular weight is 255 g/mol. The third kappa shape index (κ3) is 4.97. The SMILES string of the molecule is CC(C)CNC[C@]1(CC(=O)O)C[C@H](C)C[C@H](C)C1. The third-order valence-corrected chi connectivity index (χ3v) is 3.95. The zero-order valence-corrected chi connectivity index (χ0v) is 12.3. The Labute approximate surface area is 111 Å². The molecule has 0 aromatic carbocycles. The number of carboxylic acid groups (broad SMARTS) is 1. The smallest absolute Gasteiger partial charge is 0.303 e. The molecule has 0 aromatic rings. The Balaban J connectivity index is 2.65. The molecule has 1 aliphatic rings. The van der Waals surface area contributed by atoms with Gasteiger partial charge in [0.05, 0.1) is 6.42 Å². The Morgan fingerprint density at radius 2 is 1.89 bits per heavy atom. The second-order valence-corrected chi connectivity index (χ2v) is 6.95. The van der Waals surface area contributed by atoms with Crippen LogP contribution in [0.2, 0.25) is 0 Å². The zero-order valence-electron chi connectivity index (χ0n) is 12.3. The topological polar surface area (TPSA) is 49.3 Å². The van der Waals surface area contributed by atoms with Gasteiger partial charge >= 0.3 is 5.97 Å². The van der Waals surface area contributed by atoms with Gasteiger partial charge in [-0.1, -0.05) is 27.7 Å². The summed E-state index contributed by atoms with van der Waals surface area (Å²) in [6, 6.07) is 0. The molecule has 18 heavy (non-hydrogen) atoms. The standard InChI is InChI=1S/C15H29NO2/c1-11(2)9-16-10-15(8-14(17)18)6-12(3)5-13(4)7-15/h11-13,16H,5-10H2,1-4H3,(H,17,18)/t12-,13+,15-. The number of hydrogen-bond acceptors (Lipinski definition) is 2. The molecule has 1 fully saturated rings. The van der Waals surface area contributed by atoms with Gasteiger partial charge in [0, 0.05) is 6.54 Å². The van der Waals surface area contributed by atoms with Crippen molar-refractivity contribution < 1.29 is 9.90 Å². The zero-order chi connectivity index (χ0) is 13.8. The molecule has 3 heteroatoms. The summed E-state index contributed by atoms with van der Waals surface area (Å²) in [6.07, 6.45) is 3.65. The average Bonchev–Trinajstić information content (AvgIpc) is 2.12. The monoisotopic (exact) mass is 255 g/mol. The lowest BCUT2D eigenvalue weighted by atomic mass is 9.64. The highest BCUT2D eigenvalue weighted by Gasteiger charge is 2.39. The minimum atomic E-state index is -0.650. The molecule has 0 saturated heterocycles. The van der Waals surface area contributed by atoms with Crippen molar-refractivity contribution in [2.24, 2.45) is 23.2 Å². The van der Waals surface area contributed by atoms with Crippen LogP contribution in [0.15, 0.2) is 0 Å². The van der Waals surface area contributed by atoms with E-state index in [-0.39, 0.29) is 5.41 Å². The molecule has 0 heterocycles. The third-order valence-electron chi connectivity index (χ3n) is 3.95. The molecule has 1 rings (SSSR count). The Kier molecular flexibility index (Phi) is 5.64. The Morgan fingerprint density at radius 3 is 2.33 bits per heavy atom. The molecule has 1 aliphatic carbocycles. The van der Waals surface area contributed by atoms with E-state index in [2.05, 4.69) is 33.0 Å². The molecule has 3 nitrogen and oxygen atoms in total. The highest BCUT2D eigenvalue weighted by atomic mass is 16.4. The van der Waals surface area contributed by atoms with Crippen LogP contribution in [0.25, 0.3) is 0 Å². The maximum absolute atomic E-state index is 11.2. The Morgan fingerprint density at radius 1 is 1.33 bits per heavy atom. The van der Waals surface area contributed by atoms with Gasteiger partial charge in [0.1, 0.15) is 0 Å². The molecule has 2 N–H and O–H groups in total. The van der Waals surface area contributed by atoms with Crippen molar-refractivity contribution in [3.63, 3.8) is 0 Å². The van der Waals surface area contributed by atoms with Gasteiger partial charge in [-0.3, -0.25) is 4.79 Å². The highest BCUT2D eigenvalue weighted by molar-refractivity contribution is 5.67. The maximum atomic E-state index is 11.2. The van der Waals surface area contributed by atoms with Crippen LogP contribution in [-0.4, -0.2) is 24.2 Å². The second-order valence-electron chi connectivity index (χ2n) is 6.95. The predicted octanol–water partition coefficient (Wildman–Crippen LogP) is 3.15. The summed E-state index contributed by atoms with van der Waals surface area (Å²) in [5, 5.41) is 12.7. The Hall–Kier alpha value is -0.570. The minimum absolute atomic E-state index is 0.0300. The van der Waals surface area contributed by atoms with Crippen LogP contribution in [-0.2, 0) is 4.79 Å². The number of nitrogens with one attached hydrogen (secondary N) is 1. The first-order chi connectivity index (χ1) is 8.33. The number of rotatable bonds is 6. The van der Waals surface area contributed by atoms with Crippen LogP contribution in [0.4, 0.5) is 0 Å². The van der Waals surface area contributed by atoms with Gasteiger partial charge in [-0.25, -0.2) is 0 Å². The van der Waals surface area contributed by atoms with E-state index in [1.165, 1.54) is 6.42 Å². The molecule has 0 bridgehead atoms. The van der Waals surface area contributed by atoms with Crippen molar-refractivity contribution >= 4 is 5.97 Å². The first-order valence-electron chi connectivity index (χ1n) is 7.25. The van der Waals surface area contributed by atoms with Crippen molar-refractivity contribution in [1.82, 2.24) is 5.32 Å². The first-order valence-corrected chi connectivity index (χ1v) is 7.25. The van der Waals surface area contributed by atoms with Gasteiger partial charge in [-0.2, -0.15) is 0 Å². The van der Waals surface area contributed by atoms with Crippen molar-refractivity contribution in [3.8, 4) is 0 Å². The molecule has 0 spiro atoms. The maximum Gasteiger partial charge on any atom is 0.303 e. The summed E-state index contributed by atoms with van der Waals surface area (Å²) in [4.78, 5) is 11.2. The van der Waals surface area contributed by atoms with Gasteiger partial charge in [0.25, 0.3) is 0 Å². The number of hydrogen-bond donors (Lipinski definition) is 2. The van der Waals surface area contributed by atoms with E-state index >= 15 is 0 Å². The van der Waals surface area contributed by atoms with Crippen LogP contribution in [0, 0.1) is 23.2 Å². The fraction of sp³-hybridized carbons (Fsp3) is 0.933. The predicted molar refractivity (Wildman–Crippen MR) is 74.6 cm³/mol. The molecule has 3 atom stereocenters. The van der Waals surface area contributed by atoms with Crippen molar-refractivity contribution in [1.29, 1.82) is 0 Å². The van der Waals surface area contributed by atoms with Gasteiger partial charge in [-0.05, 0) is 49.0 Å². The summed E-state index contributed by atoms with van der Waals surface area (Å²) >= 11 is 0. The van der Waals surface area contributed by atoms with Gasteiger partial charge in [0.2, 0.25) is 0 Å². The van der Waals surface area contributed by atoms with E-state index in [4.69, 9.17) is 0 Å². The molecular formula is C15H29NO2. The molecule has 0 aliphatic heterocycles. The van der Waals surface area contributed by atoms with Crippen LogP contribution >= 0.6 is 0 Å². The van der Waals surface area contributed by atoms with E-state index in [1.54, 1.807) is 0 Å². The molecule has 0 aromatic heterocycles. The van der Waals surface area contributed by atoms with Crippen LogP contribution in [0.5, 0.6) is 0 Å². The summed E-state index contributed by atoms with van der Waals surface area (Å²) in [7, 11) is 0. The molecular weight excluding hydrogens is 226 g/mol. The summed E-state index contributed by atoms with van der Waals surface area (Å²) in [5.74, 6) is 1.26. The van der Waals surface area contributed by atoms with Gasteiger partial charge in [0.15, 0.2) is 0 Å². The van der Waals surface area contributed by atoms with E-state index in [1.807, 2.05) is 0 Å². The van der Waals surface area contributed by atoms with Crippen molar-refractivity contribution in [2.75, 3.05) is 13.1 Å². The summed E-state index contributed by atoms with van der Waals surface area (Å²) in [5.41, 5.74) is -0.0300. The largest absolute Gasteiger partial charge is 0.481 e. The van der Waals surface area contributed by atoms with E-state index in [0.717, 1.165) is 25.9 Å². The van der Waals surface area contributed by atoms with Crippen LogP contribution in [0.1, 0.15) is 53.4 Å². The second kappa shape index (κ2) is 6.55. The first kappa shape index (κ1) is 15.5. The molecule has 0 amide bonds. The van der Waals surface area contributed by atoms with Gasteiger partial charge < -0.3 is 10.4 Å². The van der Waals surface area contributed by atoms with Crippen LogP contribution in [0.3, 0.4) is 0 Å². The highest BCUT2D eigenvalue weighted by Crippen LogP contribution is 2.44. The van der Waals surface area contributed by atoms with E-state index < -0.39 is 5.97 Å². The van der Waals surface area contributed by atoms with Crippen LogP contribution < -0.4 is 5.32 Å². The quantitative estimate of drug-likeness (QED) is 0.766. The van der Waals surface area contributed by atoms with Crippen molar-refractivity contribution in [3.05, 3.63) is 0 Å².